The summed E-state index contributed by atoms with van der Waals surface area (Å²) in [4.78, 5) is 0. The van der Waals surface area contributed by atoms with Crippen LogP contribution < -0.4 is 4.74 Å². The Bertz CT molecular complexity index is 543. The van der Waals surface area contributed by atoms with E-state index in [1.54, 1.807) is 24.3 Å². The van der Waals surface area contributed by atoms with Crippen LogP contribution in [0, 0.1) is 11.3 Å². The highest BCUT2D eigenvalue weighted by Gasteiger charge is 2.00. The summed E-state index contributed by atoms with van der Waals surface area (Å²) >= 11 is 6.02. The van der Waals surface area contributed by atoms with Gasteiger partial charge < -0.3 is 4.74 Å². The second-order valence-corrected chi connectivity index (χ2v) is 3.92. The second-order valence-electron chi connectivity index (χ2n) is 3.52. The fourth-order valence-corrected chi connectivity index (χ4v) is 1.59. The van der Waals surface area contributed by atoms with Crippen molar-refractivity contribution in [2.45, 2.75) is 6.61 Å². The molecule has 0 aliphatic rings. The van der Waals surface area contributed by atoms with Gasteiger partial charge in [-0.3, -0.25) is 0 Å². The molecule has 0 aromatic heterocycles. The third-order valence-corrected chi connectivity index (χ3v) is 2.70. The maximum absolute atomic E-state index is 8.66. The Kier molecular flexibility index (Phi) is 3.64. The van der Waals surface area contributed by atoms with E-state index in [0.29, 0.717) is 17.2 Å². The Balaban J connectivity index is 2.03. The highest BCUT2D eigenvalue weighted by atomic mass is 35.5. The first-order valence-corrected chi connectivity index (χ1v) is 5.54. The van der Waals surface area contributed by atoms with E-state index in [9.17, 15) is 0 Å². The van der Waals surface area contributed by atoms with E-state index >= 15 is 0 Å². The topological polar surface area (TPSA) is 33.0 Å². The van der Waals surface area contributed by atoms with Crippen LogP contribution in [-0.4, -0.2) is 0 Å². The highest BCUT2D eigenvalue weighted by molar-refractivity contribution is 6.31. The van der Waals surface area contributed by atoms with E-state index in [4.69, 9.17) is 21.6 Å². The van der Waals surface area contributed by atoms with Crippen LogP contribution >= 0.6 is 11.6 Å². The molecule has 0 unspecified atom stereocenters. The van der Waals surface area contributed by atoms with Gasteiger partial charge in [-0.1, -0.05) is 29.8 Å². The molecule has 0 aliphatic carbocycles. The van der Waals surface area contributed by atoms with Crippen molar-refractivity contribution < 1.29 is 4.74 Å². The average molecular weight is 244 g/mol. The van der Waals surface area contributed by atoms with E-state index in [-0.39, 0.29) is 0 Å². The van der Waals surface area contributed by atoms with Crippen LogP contribution in [0.3, 0.4) is 0 Å². The third kappa shape index (κ3) is 2.99. The number of nitriles is 1. The lowest BCUT2D eigenvalue weighted by Crippen LogP contribution is -1.95. The summed E-state index contributed by atoms with van der Waals surface area (Å²) in [6, 6.07) is 16.6. The van der Waals surface area contributed by atoms with Gasteiger partial charge in [-0.25, -0.2) is 0 Å². The molecule has 0 aliphatic heterocycles. The summed E-state index contributed by atoms with van der Waals surface area (Å²) in [5, 5.41) is 9.36. The number of rotatable bonds is 3. The Morgan fingerprint density at radius 1 is 1.06 bits per heavy atom. The van der Waals surface area contributed by atoms with Crippen molar-refractivity contribution in [1.82, 2.24) is 0 Å². The first kappa shape index (κ1) is 11.5. The second kappa shape index (κ2) is 5.38. The van der Waals surface area contributed by atoms with E-state index in [1.807, 2.05) is 24.3 Å². The van der Waals surface area contributed by atoms with Crippen molar-refractivity contribution in [2.75, 3.05) is 0 Å². The van der Waals surface area contributed by atoms with Gasteiger partial charge in [0.1, 0.15) is 12.4 Å². The number of hydrogen-bond donors (Lipinski definition) is 0. The molecule has 0 bridgehead atoms. The lowest BCUT2D eigenvalue weighted by molar-refractivity contribution is 0.306. The molecule has 0 saturated heterocycles. The molecule has 0 saturated carbocycles. The number of nitrogens with zero attached hydrogens (tertiary/aromatic N) is 1. The standard InChI is InChI=1S/C14H10ClNO/c15-14-4-2-1-3-12(14)10-17-13-7-5-11(9-16)6-8-13/h1-8H,10H2. The predicted molar refractivity (Wildman–Crippen MR) is 66.9 cm³/mol. The largest absolute Gasteiger partial charge is 0.489 e. The van der Waals surface area contributed by atoms with Crippen molar-refractivity contribution in [2.24, 2.45) is 0 Å². The third-order valence-electron chi connectivity index (χ3n) is 2.34. The Labute approximate surface area is 105 Å². The van der Waals surface area contributed by atoms with Gasteiger partial charge in [0.05, 0.1) is 11.6 Å². The van der Waals surface area contributed by atoms with Crippen LogP contribution in [-0.2, 0) is 6.61 Å². The molecule has 0 N–H and O–H groups in total. The molecule has 2 rings (SSSR count). The van der Waals surface area contributed by atoms with Crippen LogP contribution in [0.25, 0.3) is 0 Å². The molecule has 84 valence electrons. The fraction of sp³-hybridized carbons (Fsp3) is 0.0714. The molecule has 0 spiro atoms. The van der Waals surface area contributed by atoms with E-state index in [2.05, 4.69) is 6.07 Å². The van der Waals surface area contributed by atoms with Crippen molar-refractivity contribution in [3.8, 4) is 11.8 Å². The van der Waals surface area contributed by atoms with Crippen molar-refractivity contribution in [3.05, 3.63) is 64.7 Å². The van der Waals surface area contributed by atoms with Gasteiger partial charge in [0.2, 0.25) is 0 Å². The van der Waals surface area contributed by atoms with Gasteiger partial charge in [-0.15, -0.1) is 0 Å². The summed E-state index contributed by atoms with van der Waals surface area (Å²) in [7, 11) is 0. The summed E-state index contributed by atoms with van der Waals surface area (Å²) < 4.78 is 5.58. The molecule has 0 atom stereocenters. The molecule has 2 aromatic carbocycles. The summed E-state index contributed by atoms with van der Waals surface area (Å²) in [6.45, 7) is 0.422. The first-order chi connectivity index (χ1) is 8.29. The van der Waals surface area contributed by atoms with Crippen molar-refractivity contribution >= 4 is 11.6 Å². The van der Waals surface area contributed by atoms with Gasteiger partial charge >= 0.3 is 0 Å². The summed E-state index contributed by atoms with van der Waals surface area (Å²) in [5.41, 5.74) is 1.56. The predicted octanol–water partition coefficient (Wildman–Crippen LogP) is 3.79. The van der Waals surface area contributed by atoms with Gasteiger partial charge in [-0.05, 0) is 30.3 Å². The molecular formula is C14H10ClNO. The highest BCUT2D eigenvalue weighted by Crippen LogP contribution is 2.18. The van der Waals surface area contributed by atoms with Gasteiger partial charge in [-0.2, -0.15) is 5.26 Å². The van der Waals surface area contributed by atoms with E-state index < -0.39 is 0 Å². The number of benzene rings is 2. The number of ether oxygens (including phenoxy) is 1. The molecule has 3 heteroatoms. The normalized spacial score (nSPS) is 9.65. The Morgan fingerprint density at radius 2 is 1.76 bits per heavy atom. The first-order valence-electron chi connectivity index (χ1n) is 5.16. The Morgan fingerprint density at radius 3 is 2.41 bits per heavy atom. The maximum atomic E-state index is 8.66. The van der Waals surface area contributed by atoms with Gasteiger partial charge in [0.15, 0.2) is 0 Å². The fourth-order valence-electron chi connectivity index (χ4n) is 1.40. The number of halogens is 1. The zero-order chi connectivity index (χ0) is 12.1. The van der Waals surface area contributed by atoms with Crippen molar-refractivity contribution in [3.63, 3.8) is 0 Å². The Hall–Kier alpha value is -1.98. The van der Waals surface area contributed by atoms with E-state index in [1.165, 1.54) is 0 Å². The minimum atomic E-state index is 0.422. The maximum Gasteiger partial charge on any atom is 0.119 e. The molecule has 0 radical (unpaired) electrons. The summed E-state index contributed by atoms with van der Waals surface area (Å²) in [6.07, 6.45) is 0. The molecule has 0 amide bonds. The monoisotopic (exact) mass is 243 g/mol. The molecule has 17 heavy (non-hydrogen) atoms. The van der Waals surface area contributed by atoms with Gasteiger partial charge in [0, 0.05) is 10.6 Å². The number of hydrogen-bond acceptors (Lipinski definition) is 2. The molecule has 2 aromatic rings. The van der Waals surface area contributed by atoms with Gasteiger partial charge in [0.25, 0.3) is 0 Å². The van der Waals surface area contributed by atoms with E-state index in [0.717, 1.165) is 11.3 Å². The zero-order valence-corrected chi connectivity index (χ0v) is 9.82. The lowest BCUT2D eigenvalue weighted by Gasteiger charge is -2.07. The molecule has 0 heterocycles. The average Bonchev–Trinajstić information content (AvgIpc) is 2.38. The van der Waals surface area contributed by atoms with Crippen LogP contribution in [0.4, 0.5) is 0 Å². The lowest BCUT2D eigenvalue weighted by atomic mass is 10.2. The summed E-state index contributed by atoms with van der Waals surface area (Å²) in [5.74, 6) is 0.726. The molecular weight excluding hydrogens is 234 g/mol. The minimum absolute atomic E-state index is 0.422. The van der Waals surface area contributed by atoms with Crippen LogP contribution in [0.5, 0.6) is 5.75 Å². The van der Waals surface area contributed by atoms with Crippen LogP contribution in [0.2, 0.25) is 5.02 Å². The van der Waals surface area contributed by atoms with Crippen LogP contribution in [0.1, 0.15) is 11.1 Å². The zero-order valence-electron chi connectivity index (χ0n) is 9.06. The smallest absolute Gasteiger partial charge is 0.119 e. The molecule has 2 nitrogen and oxygen atoms in total. The molecule has 0 fully saturated rings. The van der Waals surface area contributed by atoms with Crippen LogP contribution in [0.15, 0.2) is 48.5 Å². The minimum Gasteiger partial charge on any atom is -0.489 e. The van der Waals surface area contributed by atoms with Crippen molar-refractivity contribution in [1.29, 1.82) is 5.26 Å². The quantitative estimate of drug-likeness (QED) is 0.822. The SMILES string of the molecule is N#Cc1ccc(OCc2ccccc2Cl)cc1.